The summed E-state index contributed by atoms with van der Waals surface area (Å²) in [5, 5.41) is 0. The highest BCUT2D eigenvalue weighted by Gasteiger charge is 2.31. The summed E-state index contributed by atoms with van der Waals surface area (Å²) in [5.41, 5.74) is -0.428. The first-order chi connectivity index (χ1) is 7.66. The van der Waals surface area contributed by atoms with Crippen LogP contribution in [-0.2, 0) is 18.2 Å². The lowest BCUT2D eigenvalue weighted by molar-refractivity contribution is 0.0758. The summed E-state index contributed by atoms with van der Waals surface area (Å²) in [6.07, 6.45) is 1.35. The number of hydrogen-bond donors (Lipinski definition) is 2. The van der Waals surface area contributed by atoms with Gasteiger partial charge in [-0.2, -0.15) is 0 Å². The zero-order valence-corrected chi connectivity index (χ0v) is 12.7. The Morgan fingerprint density at radius 2 is 1.53 bits per heavy atom. The fourth-order valence-corrected chi connectivity index (χ4v) is 1.74. The van der Waals surface area contributed by atoms with Crippen LogP contribution in [0.25, 0.3) is 0 Å². The average molecular weight is 288 g/mol. The normalized spacial score (nSPS) is 12.9. The average Bonchev–Trinajstić information content (AvgIpc) is 2.15. The van der Waals surface area contributed by atoms with Crippen LogP contribution in [0.2, 0.25) is 0 Å². The minimum absolute atomic E-state index is 0.159. The van der Waals surface area contributed by atoms with E-state index >= 15 is 0 Å². The Labute approximate surface area is 104 Å². The van der Waals surface area contributed by atoms with Crippen LogP contribution in [0.5, 0.6) is 0 Å². The predicted octanol–water partition coefficient (Wildman–Crippen LogP) is 3.29. The van der Waals surface area contributed by atoms with Gasteiger partial charge in [0.05, 0.1) is 0 Å². The van der Waals surface area contributed by atoms with Gasteiger partial charge in [0.1, 0.15) is 11.7 Å². The molecule has 17 heavy (non-hydrogen) atoms. The molecule has 0 bridgehead atoms. The van der Waals surface area contributed by atoms with Crippen molar-refractivity contribution in [1.29, 1.82) is 0 Å². The van der Waals surface area contributed by atoms with Crippen LogP contribution in [0, 0.1) is 0 Å². The quantitative estimate of drug-likeness (QED) is 0.728. The Morgan fingerprint density at radius 1 is 1.12 bits per heavy atom. The van der Waals surface area contributed by atoms with Gasteiger partial charge in [-0.05, 0) is 33.6 Å². The summed E-state index contributed by atoms with van der Waals surface area (Å²) < 4.78 is 29.1. The van der Waals surface area contributed by atoms with Crippen LogP contribution >= 0.6 is 16.5 Å². The first kappa shape index (κ1) is 19.4. The van der Waals surface area contributed by atoms with Crippen LogP contribution in [0.15, 0.2) is 0 Å². The third kappa shape index (κ3) is 14.0. The van der Waals surface area contributed by atoms with Gasteiger partial charge < -0.3 is 0 Å². The molecule has 2 unspecified atom stereocenters. The molecule has 0 aromatic heterocycles. The van der Waals surface area contributed by atoms with Crippen molar-refractivity contribution in [2.24, 2.45) is 0 Å². The Bertz CT molecular complexity index is 240. The minimum atomic E-state index is -2.45. The minimum Gasteiger partial charge on any atom is -0.133 e. The molecule has 0 spiro atoms. The lowest BCUT2D eigenvalue weighted by Gasteiger charge is -2.17. The summed E-state index contributed by atoms with van der Waals surface area (Å²) in [4.78, 5) is 16.4. The van der Waals surface area contributed by atoms with Crippen molar-refractivity contribution in [3.05, 3.63) is 0 Å². The zero-order chi connectivity index (χ0) is 14.1. The van der Waals surface area contributed by atoms with Crippen molar-refractivity contribution >= 4 is 16.5 Å². The maximum atomic E-state index is 10.3. The molecule has 0 aliphatic heterocycles. The Morgan fingerprint density at radius 3 is 1.59 bits per heavy atom. The van der Waals surface area contributed by atoms with Crippen molar-refractivity contribution in [1.82, 2.24) is 0 Å². The second kappa shape index (κ2) is 10.0. The van der Waals surface area contributed by atoms with E-state index in [1.165, 1.54) is 0 Å². The highest BCUT2D eigenvalue weighted by molar-refractivity contribution is 7.32. The second-order valence-electron chi connectivity index (χ2n) is 3.88. The van der Waals surface area contributed by atoms with Crippen molar-refractivity contribution in [3.63, 3.8) is 0 Å². The highest BCUT2D eigenvalue weighted by atomic mass is 31.1. The van der Waals surface area contributed by atoms with Crippen LogP contribution in [0.4, 0.5) is 0 Å². The third-order valence-electron chi connectivity index (χ3n) is 2.10. The van der Waals surface area contributed by atoms with Crippen LogP contribution < -0.4 is 0 Å². The Balaban J connectivity index is 0. The van der Waals surface area contributed by atoms with E-state index in [1.807, 2.05) is 20.8 Å². The van der Waals surface area contributed by atoms with Gasteiger partial charge in [0.25, 0.3) is 0 Å². The van der Waals surface area contributed by atoms with Crippen LogP contribution in [0.3, 0.4) is 0 Å². The van der Waals surface area contributed by atoms with E-state index in [0.717, 1.165) is 12.8 Å². The van der Waals surface area contributed by atoms with E-state index in [1.54, 1.807) is 13.8 Å². The van der Waals surface area contributed by atoms with Gasteiger partial charge in [-0.15, -0.1) is 18.8 Å². The SMILES string of the molecule is CC(C)O[P+](=O)O.CCC(C)(CC)O[P+](=O)O. The fraction of sp³-hybridized carbons (Fsp3) is 1.00. The maximum absolute atomic E-state index is 10.3. The first-order valence-corrected chi connectivity index (χ1v) is 7.61. The molecule has 0 fully saturated rings. The fourth-order valence-electron chi connectivity index (χ4n) is 0.748. The molecule has 102 valence electrons. The van der Waals surface area contributed by atoms with Gasteiger partial charge in [-0.1, -0.05) is 13.8 Å². The summed E-state index contributed by atoms with van der Waals surface area (Å²) in [7, 11) is -4.84. The van der Waals surface area contributed by atoms with E-state index in [0.29, 0.717) is 0 Å². The summed E-state index contributed by atoms with van der Waals surface area (Å²) in [6.45, 7) is 9.09. The molecule has 0 aromatic carbocycles. The van der Waals surface area contributed by atoms with Crippen molar-refractivity contribution in [2.75, 3.05) is 0 Å². The summed E-state index contributed by atoms with van der Waals surface area (Å²) >= 11 is 0. The summed E-state index contributed by atoms with van der Waals surface area (Å²) in [6, 6.07) is 0. The van der Waals surface area contributed by atoms with Gasteiger partial charge in [0.2, 0.25) is 0 Å². The summed E-state index contributed by atoms with van der Waals surface area (Å²) in [5.74, 6) is 0. The van der Waals surface area contributed by atoms with Crippen LogP contribution in [-0.4, -0.2) is 21.5 Å². The van der Waals surface area contributed by atoms with Gasteiger partial charge in [-0.25, -0.2) is 0 Å². The van der Waals surface area contributed by atoms with E-state index in [-0.39, 0.29) is 6.10 Å². The van der Waals surface area contributed by atoms with Crippen LogP contribution in [0.1, 0.15) is 47.5 Å². The smallest absolute Gasteiger partial charge is 0.133 e. The molecule has 2 N–H and O–H groups in total. The molecule has 0 aliphatic rings. The molecule has 0 saturated heterocycles. The molecule has 0 aliphatic carbocycles. The second-order valence-corrected chi connectivity index (χ2v) is 5.22. The molecule has 0 amide bonds. The molecule has 0 radical (unpaired) electrons. The maximum Gasteiger partial charge on any atom is 0.695 e. The number of hydrogen-bond acceptors (Lipinski definition) is 4. The van der Waals surface area contributed by atoms with E-state index in [4.69, 9.17) is 14.3 Å². The monoisotopic (exact) mass is 288 g/mol. The lowest BCUT2D eigenvalue weighted by Crippen LogP contribution is -2.23. The molecule has 0 aromatic rings. The third-order valence-corrected chi connectivity index (χ3v) is 3.29. The Hall–Kier alpha value is 0.0400. The predicted molar refractivity (Wildman–Crippen MR) is 65.9 cm³/mol. The molecule has 0 rings (SSSR count). The lowest BCUT2D eigenvalue weighted by atomic mass is 10.0. The van der Waals surface area contributed by atoms with Crippen molar-refractivity contribution < 1.29 is 28.0 Å². The standard InChI is InChI=1S/C6H13O3P.C3H7O3P/c1-4-6(3,5-2)9-10(7)8;1-3(2)6-7(4)5/h4-5H2,1-3H3;3H,1-2H3/p+2. The first-order valence-electron chi connectivity index (χ1n) is 5.35. The topological polar surface area (TPSA) is 93.1 Å². The Kier molecular flexibility index (Phi) is 11.4. The van der Waals surface area contributed by atoms with Gasteiger partial charge in [-0.3, -0.25) is 0 Å². The molecule has 6 nitrogen and oxygen atoms in total. The van der Waals surface area contributed by atoms with Gasteiger partial charge in [0.15, 0.2) is 0 Å². The highest BCUT2D eigenvalue weighted by Crippen LogP contribution is 2.30. The van der Waals surface area contributed by atoms with Gasteiger partial charge >= 0.3 is 16.5 Å². The molecule has 8 heteroatoms. The van der Waals surface area contributed by atoms with Crippen molar-refractivity contribution in [2.45, 2.75) is 59.2 Å². The van der Waals surface area contributed by atoms with Crippen molar-refractivity contribution in [3.8, 4) is 0 Å². The molecule has 2 atom stereocenters. The molecule has 0 saturated carbocycles. The van der Waals surface area contributed by atoms with E-state index < -0.39 is 22.1 Å². The largest absolute Gasteiger partial charge is 0.695 e. The zero-order valence-electron chi connectivity index (χ0n) is 10.9. The number of rotatable bonds is 6. The van der Waals surface area contributed by atoms with E-state index in [9.17, 15) is 9.13 Å². The molecular formula is C9H22O6P2+2. The molecular weight excluding hydrogens is 266 g/mol. The van der Waals surface area contributed by atoms with E-state index in [2.05, 4.69) is 4.52 Å². The molecule has 0 heterocycles. The van der Waals surface area contributed by atoms with Gasteiger partial charge in [0, 0.05) is 9.13 Å².